The van der Waals surface area contributed by atoms with Crippen LogP contribution in [-0.4, -0.2) is 30.4 Å². The lowest BCUT2D eigenvalue weighted by molar-refractivity contribution is 0.133. The summed E-state index contributed by atoms with van der Waals surface area (Å²) in [5.41, 5.74) is 0. The predicted molar refractivity (Wildman–Crippen MR) is 60.5 cm³/mol. The Morgan fingerprint density at radius 3 is 2.00 bits per heavy atom. The van der Waals surface area contributed by atoms with E-state index < -0.39 is 9.53 Å². The van der Waals surface area contributed by atoms with Gasteiger partial charge in [-0.05, 0) is 6.42 Å². The highest BCUT2D eigenvalue weighted by molar-refractivity contribution is 6.36. The largest absolute Gasteiger partial charge is 0.483 e. The van der Waals surface area contributed by atoms with E-state index in [1.807, 2.05) is 0 Å². The first-order valence-electron chi connectivity index (χ1n) is 5.52. The highest BCUT2D eigenvalue weighted by atomic mass is 28.3. The van der Waals surface area contributed by atoms with Gasteiger partial charge in [0.05, 0.1) is 0 Å². The van der Waals surface area contributed by atoms with E-state index in [0.29, 0.717) is 0 Å². The zero-order valence-corrected chi connectivity index (χ0v) is 10.9. The SMILES string of the molecule is CCCCCCCCO[SiH](OC)OC. The molecule has 0 aromatic carbocycles. The summed E-state index contributed by atoms with van der Waals surface area (Å²) in [7, 11) is 1.52. The lowest BCUT2D eigenvalue weighted by atomic mass is 10.1. The lowest BCUT2D eigenvalue weighted by Gasteiger charge is -2.10. The fraction of sp³-hybridized carbons (Fsp3) is 1.00. The van der Waals surface area contributed by atoms with Gasteiger partial charge in [-0.15, -0.1) is 0 Å². The Kier molecular flexibility index (Phi) is 11.3. The number of hydrogen-bond donors (Lipinski definition) is 0. The highest BCUT2D eigenvalue weighted by Crippen LogP contribution is 2.05. The molecular formula is C10H24O3Si. The first-order chi connectivity index (χ1) is 6.85. The molecule has 0 aromatic heterocycles. The van der Waals surface area contributed by atoms with Crippen molar-refractivity contribution in [1.82, 2.24) is 0 Å². The molecule has 0 N–H and O–H groups in total. The van der Waals surface area contributed by atoms with E-state index in [9.17, 15) is 0 Å². The zero-order chi connectivity index (χ0) is 10.6. The van der Waals surface area contributed by atoms with Crippen LogP contribution in [-0.2, 0) is 13.3 Å². The Morgan fingerprint density at radius 1 is 0.857 bits per heavy atom. The second kappa shape index (κ2) is 11.2. The second-order valence-corrected chi connectivity index (χ2v) is 5.25. The van der Waals surface area contributed by atoms with Gasteiger partial charge in [0.1, 0.15) is 0 Å². The van der Waals surface area contributed by atoms with Crippen LogP contribution in [0.1, 0.15) is 45.4 Å². The standard InChI is InChI=1S/C10H24O3Si/c1-4-5-6-7-8-9-10-13-14(11-2)12-3/h14H,4-10H2,1-3H3. The molecule has 0 heterocycles. The van der Waals surface area contributed by atoms with E-state index in [0.717, 1.165) is 13.0 Å². The summed E-state index contributed by atoms with van der Waals surface area (Å²) in [6.07, 6.45) is 7.72. The molecule has 4 heteroatoms. The van der Waals surface area contributed by atoms with Crippen LogP contribution in [0.3, 0.4) is 0 Å². The third-order valence-corrected chi connectivity index (χ3v) is 3.41. The van der Waals surface area contributed by atoms with Gasteiger partial charge in [-0.2, -0.15) is 0 Å². The topological polar surface area (TPSA) is 27.7 Å². The van der Waals surface area contributed by atoms with Crippen LogP contribution < -0.4 is 0 Å². The summed E-state index contributed by atoms with van der Waals surface area (Å²) in [6, 6.07) is 0. The second-order valence-electron chi connectivity index (χ2n) is 3.40. The van der Waals surface area contributed by atoms with Gasteiger partial charge in [0.2, 0.25) is 0 Å². The van der Waals surface area contributed by atoms with Crippen LogP contribution in [0.25, 0.3) is 0 Å². The number of unbranched alkanes of at least 4 members (excludes halogenated alkanes) is 5. The van der Waals surface area contributed by atoms with Gasteiger partial charge in [0.15, 0.2) is 0 Å². The first-order valence-corrected chi connectivity index (χ1v) is 6.93. The average molecular weight is 220 g/mol. The van der Waals surface area contributed by atoms with Crippen molar-refractivity contribution >= 4 is 9.53 Å². The van der Waals surface area contributed by atoms with E-state index >= 15 is 0 Å². The molecule has 0 aliphatic carbocycles. The van der Waals surface area contributed by atoms with Crippen LogP contribution >= 0.6 is 0 Å². The summed E-state index contributed by atoms with van der Waals surface area (Å²) in [5, 5.41) is 0. The molecule has 0 bridgehead atoms. The monoisotopic (exact) mass is 220 g/mol. The van der Waals surface area contributed by atoms with Crippen LogP contribution in [0.5, 0.6) is 0 Å². The average Bonchev–Trinajstić information content (AvgIpc) is 2.22. The molecule has 0 saturated carbocycles. The molecule has 0 unspecified atom stereocenters. The predicted octanol–water partition coefficient (Wildman–Crippen LogP) is 2.37. The lowest BCUT2D eigenvalue weighted by Crippen LogP contribution is -2.24. The Hall–Kier alpha value is 0.0969. The van der Waals surface area contributed by atoms with Crippen LogP contribution in [0, 0.1) is 0 Å². The van der Waals surface area contributed by atoms with Crippen molar-refractivity contribution in [2.45, 2.75) is 45.4 Å². The summed E-state index contributed by atoms with van der Waals surface area (Å²) < 4.78 is 15.5. The Morgan fingerprint density at radius 2 is 1.43 bits per heavy atom. The minimum Gasteiger partial charge on any atom is -0.379 e. The summed E-state index contributed by atoms with van der Waals surface area (Å²) >= 11 is 0. The molecule has 0 aliphatic rings. The molecule has 0 amide bonds. The molecule has 3 nitrogen and oxygen atoms in total. The molecule has 0 saturated heterocycles. The van der Waals surface area contributed by atoms with Crippen molar-refractivity contribution < 1.29 is 13.3 Å². The van der Waals surface area contributed by atoms with Gasteiger partial charge in [0.25, 0.3) is 0 Å². The molecule has 0 spiro atoms. The summed E-state index contributed by atoms with van der Waals surface area (Å²) in [4.78, 5) is 0. The maximum absolute atomic E-state index is 5.44. The van der Waals surface area contributed by atoms with Crippen molar-refractivity contribution in [1.29, 1.82) is 0 Å². The smallest absolute Gasteiger partial charge is 0.379 e. The van der Waals surface area contributed by atoms with Gasteiger partial charge >= 0.3 is 9.53 Å². The third-order valence-electron chi connectivity index (χ3n) is 2.14. The van der Waals surface area contributed by atoms with E-state index in [4.69, 9.17) is 13.3 Å². The van der Waals surface area contributed by atoms with E-state index in [2.05, 4.69) is 6.92 Å². The van der Waals surface area contributed by atoms with Gasteiger partial charge in [0, 0.05) is 20.8 Å². The summed E-state index contributed by atoms with van der Waals surface area (Å²) in [5.74, 6) is 0. The maximum atomic E-state index is 5.44. The van der Waals surface area contributed by atoms with Gasteiger partial charge in [-0.3, -0.25) is 0 Å². The fourth-order valence-corrected chi connectivity index (χ4v) is 2.12. The third kappa shape index (κ3) is 8.68. The van der Waals surface area contributed by atoms with Crippen LogP contribution in [0.15, 0.2) is 0 Å². The highest BCUT2D eigenvalue weighted by Gasteiger charge is 2.09. The molecular weight excluding hydrogens is 196 g/mol. The summed E-state index contributed by atoms with van der Waals surface area (Å²) in [6.45, 7) is 3.02. The van der Waals surface area contributed by atoms with E-state index in [-0.39, 0.29) is 0 Å². The molecule has 86 valence electrons. The molecule has 0 aromatic rings. The Balaban J connectivity index is 3.04. The molecule has 0 rings (SSSR count). The van der Waals surface area contributed by atoms with Crippen LogP contribution in [0.4, 0.5) is 0 Å². The van der Waals surface area contributed by atoms with Crippen molar-refractivity contribution in [3.63, 3.8) is 0 Å². The van der Waals surface area contributed by atoms with Crippen LogP contribution in [0.2, 0.25) is 0 Å². The molecule has 0 atom stereocenters. The quantitative estimate of drug-likeness (QED) is 0.418. The minimum atomic E-state index is -1.76. The van der Waals surface area contributed by atoms with Gasteiger partial charge in [-0.25, -0.2) is 0 Å². The van der Waals surface area contributed by atoms with Gasteiger partial charge < -0.3 is 13.3 Å². The fourth-order valence-electron chi connectivity index (χ4n) is 1.29. The maximum Gasteiger partial charge on any atom is 0.483 e. The van der Waals surface area contributed by atoms with Crippen molar-refractivity contribution in [2.24, 2.45) is 0 Å². The number of rotatable bonds is 10. The Bertz CT molecular complexity index is 108. The first kappa shape index (κ1) is 14.1. The van der Waals surface area contributed by atoms with E-state index in [1.165, 1.54) is 32.1 Å². The number of hydrogen-bond acceptors (Lipinski definition) is 3. The molecule has 0 radical (unpaired) electrons. The van der Waals surface area contributed by atoms with Gasteiger partial charge in [-0.1, -0.05) is 39.0 Å². The van der Waals surface area contributed by atoms with Crippen molar-refractivity contribution in [3.8, 4) is 0 Å². The van der Waals surface area contributed by atoms with E-state index in [1.54, 1.807) is 14.2 Å². The normalized spacial score (nSPS) is 11.1. The molecule has 14 heavy (non-hydrogen) atoms. The molecule has 0 aliphatic heterocycles. The van der Waals surface area contributed by atoms with Crippen molar-refractivity contribution in [3.05, 3.63) is 0 Å². The molecule has 0 fully saturated rings. The minimum absolute atomic E-state index is 0.782. The zero-order valence-electron chi connectivity index (χ0n) is 9.75. The Labute approximate surface area is 89.7 Å². The van der Waals surface area contributed by atoms with Crippen molar-refractivity contribution in [2.75, 3.05) is 20.8 Å².